The number of rotatable bonds is 6. The Morgan fingerprint density at radius 2 is 1.86 bits per heavy atom. The summed E-state index contributed by atoms with van der Waals surface area (Å²) in [6.45, 7) is 5.36. The summed E-state index contributed by atoms with van der Waals surface area (Å²) in [5.41, 5.74) is 1.50. The number of β-amino-alcohol motifs (C(OH)–C–C–N with tert-alkyl or cyclic N) is 1. The summed E-state index contributed by atoms with van der Waals surface area (Å²) in [5.74, 6) is 0.234. The van der Waals surface area contributed by atoms with Crippen LogP contribution in [0.2, 0.25) is 5.02 Å². The summed E-state index contributed by atoms with van der Waals surface area (Å²) < 4.78 is 5.65. The molecule has 2 aromatic rings. The molecule has 28 heavy (non-hydrogen) atoms. The second-order valence-corrected chi connectivity index (χ2v) is 7.65. The Hall–Kier alpha value is -2.57. The number of nitrogens with zero attached hydrogens (tertiary/aromatic N) is 1. The molecule has 2 aromatic carbocycles. The quantitative estimate of drug-likeness (QED) is 0.727. The lowest BCUT2D eigenvalue weighted by atomic mass is 9.92. The number of imide groups is 1. The minimum atomic E-state index is -1.20. The van der Waals surface area contributed by atoms with E-state index >= 15 is 0 Å². The monoisotopic (exact) mass is 402 g/mol. The molecule has 1 fully saturated rings. The number of urea groups is 1. The summed E-state index contributed by atoms with van der Waals surface area (Å²) in [7, 11) is 0. The van der Waals surface area contributed by atoms with Crippen LogP contribution in [0.15, 0.2) is 42.5 Å². The van der Waals surface area contributed by atoms with E-state index in [4.69, 9.17) is 16.3 Å². The highest BCUT2D eigenvalue weighted by molar-refractivity contribution is 6.30. The second kappa shape index (κ2) is 7.81. The maximum atomic E-state index is 12.9. The van der Waals surface area contributed by atoms with Crippen LogP contribution in [0.25, 0.3) is 0 Å². The van der Waals surface area contributed by atoms with Gasteiger partial charge in [0.1, 0.15) is 24.0 Å². The molecule has 0 aliphatic carbocycles. The lowest BCUT2D eigenvalue weighted by Crippen LogP contribution is -2.42. The highest BCUT2D eigenvalue weighted by Crippen LogP contribution is 2.29. The van der Waals surface area contributed by atoms with Gasteiger partial charge in [0.2, 0.25) is 0 Å². The number of carbonyl (C=O) groups excluding carboxylic acids is 2. The Bertz CT molecular complexity index is 900. The van der Waals surface area contributed by atoms with Crippen molar-refractivity contribution in [3.63, 3.8) is 0 Å². The third-order valence-electron chi connectivity index (χ3n) is 4.85. The predicted molar refractivity (Wildman–Crippen MR) is 106 cm³/mol. The number of ether oxygens (including phenoxy) is 1. The molecule has 3 amide bonds. The van der Waals surface area contributed by atoms with Gasteiger partial charge >= 0.3 is 6.03 Å². The average Bonchev–Trinajstić information content (AvgIpc) is 2.85. The van der Waals surface area contributed by atoms with Gasteiger partial charge in [0.05, 0.1) is 6.54 Å². The average molecular weight is 403 g/mol. The number of aliphatic hydroxyl groups excluding tert-OH is 1. The molecule has 1 aliphatic rings. The fourth-order valence-electron chi connectivity index (χ4n) is 3.25. The van der Waals surface area contributed by atoms with Crippen molar-refractivity contribution in [3.05, 3.63) is 64.2 Å². The van der Waals surface area contributed by atoms with Crippen LogP contribution in [-0.4, -0.2) is 41.2 Å². The number of carbonyl (C=O) groups is 2. The Labute approximate surface area is 169 Å². The molecular formula is C21H23ClN2O4. The Kier molecular flexibility index (Phi) is 5.63. The van der Waals surface area contributed by atoms with Crippen molar-refractivity contribution >= 4 is 23.5 Å². The standard InChI is InChI=1S/C21H23ClN2O4/c1-13-4-9-18(14(2)10-13)28-12-17(25)11-24-19(26)21(3,23-20(24)27)15-5-7-16(22)8-6-15/h4-10,17,25H,11-12H2,1-3H3,(H,23,27). The molecule has 1 saturated heterocycles. The van der Waals surface area contributed by atoms with Gasteiger partial charge in [-0.25, -0.2) is 4.79 Å². The van der Waals surface area contributed by atoms with Gasteiger partial charge in [0, 0.05) is 5.02 Å². The first-order valence-electron chi connectivity index (χ1n) is 8.99. The van der Waals surface area contributed by atoms with Crippen molar-refractivity contribution in [3.8, 4) is 5.75 Å². The number of aryl methyl sites for hydroxylation is 2. The lowest BCUT2D eigenvalue weighted by Gasteiger charge is -2.23. The largest absolute Gasteiger partial charge is 0.491 e. The van der Waals surface area contributed by atoms with Gasteiger partial charge in [0.15, 0.2) is 0 Å². The highest BCUT2D eigenvalue weighted by atomic mass is 35.5. The zero-order chi connectivity index (χ0) is 20.5. The smallest absolute Gasteiger partial charge is 0.325 e. The van der Waals surface area contributed by atoms with Crippen LogP contribution in [0.1, 0.15) is 23.6 Å². The molecule has 0 aromatic heterocycles. The van der Waals surface area contributed by atoms with Gasteiger partial charge in [-0.15, -0.1) is 0 Å². The molecule has 7 heteroatoms. The normalized spacial score (nSPS) is 20.2. The maximum absolute atomic E-state index is 12.9. The Balaban J connectivity index is 1.66. The van der Waals surface area contributed by atoms with E-state index in [9.17, 15) is 14.7 Å². The zero-order valence-corrected chi connectivity index (χ0v) is 16.8. The molecule has 6 nitrogen and oxygen atoms in total. The van der Waals surface area contributed by atoms with Gasteiger partial charge in [-0.3, -0.25) is 9.69 Å². The molecule has 0 saturated carbocycles. The Morgan fingerprint density at radius 1 is 1.18 bits per heavy atom. The molecule has 3 rings (SSSR count). The molecule has 1 aliphatic heterocycles. The van der Waals surface area contributed by atoms with Gasteiger partial charge in [0.25, 0.3) is 5.91 Å². The van der Waals surface area contributed by atoms with E-state index in [2.05, 4.69) is 5.32 Å². The molecule has 1 heterocycles. The molecular weight excluding hydrogens is 380 g/mol. The van der Waals surface area contributed by atoms with Gasteiger partial charge < -0.3 is 15.2 Å². The SMILES string of the molecule is Cc1ccc(OCC(O)CN2C(=O)NC(C)(c3ccc(Cl)cc3)C2=O)c(C)c1. The number of nitrogens with one attached hydrogen (secondary N) is 1. The minimum Gasteiger partial charge on any atom is -0.491 e. The van der Waals surface area contributed by atoms with Crippen LogP contribution in [0.3, 0.4) is 0 Å². The first-order valence-corrected chi connectivity index (χ1v) is 9.37. The highest BCUT2D eigenvalue weighted by Gasteiger charge is 2.49. The predicted octanol–water partition coefficient (Wildman–Crippen LogP) is 3.16. The molecule has 0 radical (unpaired) electrons. The van der Waals surface area contributed by atoms with Crippen LogP contribution in [0, 0.1) is 13.8 Å². The van der Waals surface area contributed by atoms with Crippen LogP contribution in [0.5, 0.6) is 5.75 Å². The van der Waals surface area contributed by atoms with Crippen LogP contribution >= 0.6 is 11.6 Å². The maximum Gasteiger partial charge on any atom is 0.325 e. The summed E-state index contributed by atoms with van der Waals surface area (Å²) in [5, 5.41) is 13.6. The first-order chi connectivity index (χ1) is 13.2. The van der Waals surface area contributed by atoms with E-state index in [1.54, 1.807) is 31.2 Å². The summed E-state index contributed by atoms with van der Waals surface area (Å²) in [6, 6.07) is 11.9. The minimum absolute atomic E-state index is 0.0291. The van der Waals surface area contributed by atoms with Crippen molar-refractivity contribution in [2.75, 3.05) is 13.2 Å². The van der Waals surface area contributed by atoms with E-state index in [0.717, 1.165) is 16.0 Å². The van der Waals surface area contributed by atoms with Crippen LogP contribution < -0.4 is 10.1 Å². The Morgan fingerprint density at radius 3 is 2.50 bits per heavy atom. The second-order valence-electron chi connectivity index (χ2n) is 7.21. The summed E-state index contributed by atoms with van der Waals surface area (Å²) >= 11 is 5.90. The molecule has 0 bridgehead atoms. The van der Waals surface area contributed by atoms with Gasteiger partial charge in [-0.1, -0.05) is 41.4 Å². The molecule has 2 N–H and O–H groups in total. The molecule has 148 valence electrons. The van der Waals surface area contributed by atoms with Crippen molar-refractivity contribution in [2.45, 2.75) is 32.4 Å². The number of benzene rings is 2. The van der Waals surface area contributed by atoms with Crippen molar-refractivity contribution < 1.29 is 19.4 Å². The van der Waals surface area contributed by atoms with E-state index in [-0.39, 0.29) is 13.2 Å². The van der Waals surface area contributed by atoms with Crippen molar-refractivity contribution in [1.82, 2.24) is 10.2 Å². The van der Waals surface area contributed by atoms with Crippen LogP contribution in [-0.2, 0) is 10.3 Å². The van der Waals surface area contributed by atoms with E-state index in [0.29, 0.717) is 16.3 Å². The van der Waals surface area contributed by atoms with E-state index < -0.39 is 23.6 Å². The van der Waals surface area contributed by atoms with Gasteiger partial charge in [-0.2, -0.15) is 0 Å². The first kappa shape index (κ1) is 20.2. The molecule has 2 atom stereocenters. The summed E-state index contributed by atoms with van der Waals surface area (Å²) in [6.07, 6.45) is -1.01. The summed E-state index contributed by atoms with van der Waals surface area (Å²) in [4.78, 5) is 26.3. The van der Waals surface area contributed by atoms with Crippen molar-refractivity contribution in [2.24, 2.45) is 0 Å². The number of hydrogen-bond acceptors (Lipinski definition) is 4. The molecule has 0 spiro atoms. The molecule has 2 unspecified atom stereocenters. The topological polar surface area (TPSA) is 78.9 Å². The number of halogens is 1. The van der Waals surface area contributed by atoms with E-state index in [1.165, 1.54) is 0 Å². The number of aliphatic hydroxyl groups is 1. The third kappa shape index (κ3) is 3.98. The van der Waals surface area contributed by atoms with Crippen LogP contribution in [0.4, 0.5) is 4.79 Å². The van der Waals surface area contributed by atoms with Crippen molar-refractivity contribution in [1.29, 1.82) is 0 Å². The third-order valence-corrected chi connectivity index (χ3v) is 5.10. The van der Waals surface area contributed by atoms with E-state index in [1.807, 2.05) is 32.0 Å². The number of amides is 3. The van der Waals surface area contributed by atoms with Gasteiger partial charge in [-0.05, 0) is 50.1 Å². The number of hydrogen-bond donors (Lipinski definition) is 2. The fourth-order valence-corrected chi connectivity index (χ4v) is 3.38. The fraction of sp³-hybridized carbons (Fsp3) is 0.333. The zero-order valence-electron chi connectivity index (χ0n) is 16.0. The lowest BCUT2D eigenvalue weighted by molar-refractivity contribution is -0.132.